The maximum atomic E-state index is 8.75. The Morgan fingerprint density at radius 3 is 3.00 bits per heavy atom. The fourth-order valence-electron chi connectivity index (χ4n) is 1.42. The summed E-state index contributed by atoms with van der Waals surface area (Å²) in [6, 6.07) is 7.47. The van der Waals surface area contributed by atoms with Crippen molar-refractivity contribution in [3.05, 3.63) is 30.1 Å². The smallest absolute Gasteiger partial charge is 0.0992 e. The Morgan fingerprint density at radius 2 is 2.36 bits per heavy atom. The van der Waals surface area contributed by atoms with Gasteiger partial charge in [-0.05, 0) is 25.1 Å². The number of hydrogen-bond acceptors (Lipinski definition) is 3. The summed E-state index contributed by atoms with van der Waals surface area (Å²) in [5.74, 6) is 0. The molecular formula is C10H10N4. The number of imidazole rings is 1. The molecule has 0 radical (unpaired) electrons. The van der Waals surface area contributed by atoms with Gasteiger partial charge in [0.15, 0.2) is 0 Å². The van der Waals surface area contributed by atoms with Crippen molar-refractivity contribution < 1.29 is 0 Å². The van der Waals surface area contributed by atoms with Crippen LogP contribution in [-0.2, 0) is 0 Å². The lowest BCUT2D eigenvalue weighted by Crippen LogP contribution is -2.13. The van der Waals surface area contributed by atoms with Gasteiger partial charge < -0.3 is 10.3 Å². The minimum Gasteiger partial charge on any atom is -0.315 e. The normalized spacial score (nSPS) is 12.6. The summed E-state index contributed by atoms with van der Waals surface area (Å²) in [5.41, 5.74) is 8.14. The van der Waals surface area contributed by atoms with Crippen LogP contribution in [-0.4, -0.2) is 9.55 Å². The fourth-order valence-corrected chi connectivity index (χ4v) is 1.42. The standard InChI is InChI=1S/C10H10N4/c1-7(12)14-6-13-9-3-2-8(5-11)4-10(9)14/h2-4,6-7H,12H2,1H3. The largest absolute Gasteiger partial charge is 0.315 e. The molecule has 0 fully saturated rings. The van der Waals surface area contributed by atoms with Crippen LogP contribution in [0, 0.1) is 11.3 Å². The number of aromatic nitrogens is 2. The lowest BCUT2D eigenvalue weighted by molar-refractivity contribution is 0.588. The Morgan fingerprint density at radius 1 is 1.57 bits per heavy atom. The van der Waals surface area contributed by atoms with E-state index in [1.807, 2.05) is 17.6 Å². The minimum atomic E-state index is -0.131. The average Bonchev–Trinajstić information content (AvgIpc) is 2.59. The Labute approximate surface area is 81.6 Å². The van der Waals surface area contributed by atoms with Gasteiger partial charge >= 0.3 is 0 Å². The SMILES string of the molecule is CC(N)n1cnc2ccc(C#N)cc21. The Kier molecular flexibility index (Phi) is 1.95. The lowest BCUT2D eigenvalue weighted by Gasteiger charge is -2.07. The molecule has 0 aliphatic carbocycles. The van der Waals surface area contributed by atoms with Crippen LogP contribution < -0.4 is 5.73 Å². The predicted octanol–water partition coefficient (Wildman–Crippen LogP) is 1.39. The molecular weight excluding hydrogens is 176 g/mol. The van der Waals surface area contributed by atoms with Crippen molar-refractivity contribution in [2.24, 2.45) is 5.73 Å². The van der Waals surface area contributed by atoms with Gasteiger partial charge in [0.2, 0.25) is 0 Å². The van der Waals surface area contributed by atoms with Crippen molar-refractivity contribution in [2.75, 3.05) is 0 Å². The summed E-state index contributed by atoms with van der Waals surface area (Å²) in [7, 11) is 0. The third kappa shape index (κ3) is 1.24. The van der Waals surface area contributed by atoms with Gasteiger partial charge in [0.25, 0.3) is 0 Å². The number of nitrogens with two attached hydrogens (primary N) is 1. The van der Waals surface area contributed by atoms with Crippen molar-refractivity contribution in [3.8, 4) is 6.07 Å². The van der Waals surface area contributed by atoms with E-state index in [4.69, 9.17) is 11.0 Å². The monoisotopic (exact) mass is 186 g/mol. The van der Waals surface area contributed by atoms with E-state index >= 15 is 0 Å². The first-order chi connectivity index (χ1) is 6.72. The van der Waals surface area contributed by atoms with Crippen molar-refractivity contribution in [1.29, 1.82) is 5.26 Å². The number of rotatable bonds is 1. The third-order valence-corrected chi connectivity index (χ3v) is 2.14. The van der Waals surface area contributed by atoms with Gasteiger partial charge in [-0.15, -0.1) is 0 Å². The molecule has 0 amide bonds. The molecule has 0 aliphatic heterocycles. The van der Waals surface area contributed by atoms with E-state index in [0.717, 1.165) is 11.0 Å². The predicted molar refractivity (Wildman–Crippen MR) is 53.3 cm³/mol. The molecule has 1 unspecified atom stereocenters. The maximum absolute atomic E-state index is 8.75. The molecule has 0 spiro atoms. The molecule has 4 heteroatoms. The van der Waals surface area contributed by atoms with E-state index in [0.29, 0.717) is 5.56 Å². The Balaban J connectivity index is 2.71. The Bertz CT molecular complexity index is 504. The van der Waals surface area contributed by atoms with Gasteiger partial charge in [-0.25, -0.2) is 4.98 Å². The summed E-state index contributed by atoms with van der Waals surface area (Å²) in [6.07, 6.45) is 1.56. The van der Waals surface area contributed by atoms with Gasteiger partial charge in [-0.2, -0.15) is 5.26 Å². The second-order valence-electron chi connectivity index (χ2n) is 3.21. The topological polar surface area (TPSA) is 67.6 Å². The van der Waals surface area contributed by atoms with Gasteiger partial charge in [0.1, 0.15) is 0 Å². The molecule has 2 aromatic rings. The molecule has 1 atom stereocenters. The summed E-state index contributed by atoms with van der Waals surface area (Å²) in [4.78, 5) is 4.19. The number of hydrogen-bond donors (Lipinski definition) is 1. The van der Waals surface area contributed by atoms with E-state index < -0.39 is 0 Å². The molecule has 0 saturated carbocycles. The highest BCUT2D eigenvalue weighted by molar-refractivity contribution is 5.77. The highest BCUT2D eigenvalue weighted by Gasteiger charge is 2.05. The van der Waals surface area contributed by atoms with Crippen molar-refractivity contribution in [1.82, 2.24) is 9.55 Å². The van der Waals surface area contributed by atoms with Gasteiger partial charge in [-0.1, -0.05) is 0 Å². The molecule has 4 nitrogen and oxygen atoms in total. The van der Waals surface area contributed by atoms with Crippen LogP contribution in [0.5, 0.6) is 0 Å². The van der Waals surface area contributed by atoms with Gasteiger partial charge in [-0.3, -0.25) is 0 Å². The molecule has 0 aliphatic rings. The van der Waals surface area contributed by atoms with Crippen LogP contribution in [0.15, 0.2) is 24.5 Å². The third-order valence-electron chi connectivity index (χ3n) is 2.14. The average molecular weight is 186 g/mol. The van der Waals surface area contributed by atoms with Crippen molar-refractivity contribution >= 4 is 11.0 Å². The quantitative estimate of drug-likeness (QED) is 0.731. The van der Waals surface area contributed by atoms with E-state index in [1.165, 1.54) is 0 Å². The molecule has 14 heavy (non-hydrogen) atoms. The number of fused-ring (bicyclic) bond motifs is 1. The summed E-state index contributed by atoms with van der Waals surface area (Å²) >= 11 is 0. The van der Waals surface area contributed by atoms with E-state index in [9.17, 15) is 0 Å². The summed E-state index contributed by atoms with van der Waals surface area (Å²) in [5, 5.41) is 8.75. The van der Waals surface area contributed by atoms with Crippen LogP contribution >= 0.6 is 0 Å². The lowest BCUT2D eigenvalue weighted by atomic mass is 10.2. The fraction of sp³-hybridized carbons (Fsp3) is 0.200. The molecule has 1 aromatic heterocycles. The van der Waals surface area contributed by atoms with E-state index in [1.54, 1.807) is 18.5 Å². The zero-order valence-electron chi connectivity index (χ0n) is 7.81. The molecule has 1 aromatic carbocycles. The van der Waals surface area contributed by atoms with E-state index in [2.05, 4.69) is 11.1 Å². The number of nitriles is 1. The zero-order valence-corrected chi connectivity index (χ0v) is 7.81. The summed E-state index contributed by atoms with van der Waals surface area (Å²) in [6.45, 7) is 1.88. The number of benzene rings is 1. The second-order valence-corrected chi connectivity index (χ2v) is 3.21. The maximum Gasteiger partial charge on any atom is 0.0992 e. The second kappa shape index (κ2) is 3.13. The van der Waals surface area contributed by atoms with Gasteiger partial charge in [0, 0.05) is 0 Å². The van der Waals surface area contributed by atoms with Crippen LogP contribution in [0.2, 0.25) is 0 Å². The highest BCUT2D eigenvalue weighted by Crippen LogP contribution is 2.16. The molecule has 1 heterocycles. The van der Waals surface area contributed by atoms with Crippen LogP contribution in [0.1, 0.15) is 18.7 Å². The molecule has 2 N–H and O–H groups in total. The first-order valence-electron chi connectivity index (χ1n) is 4.34. The Hall–Kier alpha value is -1.86. The van der Waals surface area contributed by atoms with Gasteiger partial charge in [0.05, 0.1) is 35.2 Å². The summed E-state index contributed by atoms with van der Waals surface area (Å²) < 4.78 is 1.84. The minimum absolute atomic E-state index is 0.131. The zero-order chi connectivity index (χ0) is 10.1. The molecule has 70 valence electrons. The number of nitrogens with zero attached hydrogens (tertiary/aromatic N) is 3. The van der Waals surface area contributed by atoms with Crippen molar-refractivity contribution in [3.63, 3.8) is 0 Å². The van der Waals surface area contributed by atoms with Crippen LogP contribution in [0.25, 0.3) is 11.0 Å². The first-order valence-corrected chi connectivity index (χ1v) is 4.34. The van der Waals surface area contributed by atoms with E-state index in [-0.39, 0.29) is 6.17 Å². The van der Waals surface area contributed by atoms with Crippen LogP contribution in [0.4, 0.5) is 0 Å². The molecule has 2 rings (SSSR count). The van der Waals surface area contributed by atoms with Crippen LogP contribution in [0.3, 0.4) is 0 Å². The molecule has 0 bridgehead atoms. The van der Waals surface area contributed by atoms with Crippen molar-refractivity contribution in [2.45, 2.75) is 13.1 Å². The highest BCUT2D eigenvalue weighted by atomic mass is 15.1. The first kappa shape index (κ1) is 8.73. The molecule has 0 saturated heterocycles.